The molecule has 0 saturated carbocycles. The van der Waals surface area contributed by atoms with Gasteiger partial charge in [0, 0.05) is 50.7 Å². The van der Waals surface area contributed by atoms with Gasteiger partial charge in [-0.25, -0.2) is 4.31 Å². The van der Waals surface area contributed by atoms with Crippen molar-refractivity contribution < 1.29 is 0 Å². The lowest BCUT2D eigenvalue weighted by Crippen LogP contribution is -2.42. The monoisotopic (exact) mass is 369 g/mol. The van der Waals surface area contributed by atoms with E-state index in [4.69, 9.17) is 0 Å². The van der Waals surface area contributed by atoms with Gasteiger partial charge in [0.25, 0.3) is 0 Å². The molecule has 0 spiro atoms. The first-order chi connectivity index (χ1) is 12.7. The molecule has 0 bridgehead atoms. The summed E-state index contributed by atoms with van der Waals surface area (Å²) in [4.78, 5) is 3.85. The summed E-state index contributed by atoms with van der Waals surface area (Å²) in [5, 5.41) is 3.42. The predicted octanol–water partition coefficient (Wildman–Crippen LogP) is 4.26. The van der Waals surface area contributed by atoms with E-state index in [0.717, 1.165) is 45.8 Å². The summed E-state index contributed by atoms with van der Waals surface area (Å²) in [6.07, 6.45) is 0. The Kier molecular flexibility index (Phi) is 7.56. The van der Waals surface area contributed by atoms with Crippen LogP contribution in [0, 0.1) is 5.92 Å². The quantitative estimate of drug-likeness (QED) is 0.701. The molecule has 1 saturated heterocycles. The Balaban J connectivity index is 1.58. The Morgan fingerprint density at radius 1 is 0.962 bits per heavy atom. The second-order valence-corrected chi connectivity index (χ2v) is 8.63. The van der Waals surface area contributed by atoms with Crippen LogP contribution in [0.2, 0.25) is 0 Å². The number of nitrogens with zero attached hydrogens (tertiary/aromatic N) is 2. The second kappa shape index (κ2) is 10.1. The van der Waals surface area contributed by atoms with Crippen molar-refractivity contribution in [2.75, 3.05) is 32.7 Å². The van der Waals surface area contributed by atoms with Crippen LogP contribution >= 0.6 is 11.9 Å². The lowest BCUT2D eigenvalue weighted by atomic mass is 10.2. The molecule has 3 rings (SSSR count). The van der Waals surface area contributed by atoms with Crippen LogP contribution in [0.4, 0.5) is 0 Å². The maximum absolute atomic E-state index is 3.42. The summed E-state index contributed by atoms with van der Waals surface area (Å²) in [7, 11) is 0. The summed E-state index contributed by atoms with van der Waals surface area (Å²) in [5.74, 6) is 0.651. The van der Waals surface area contributed by atoms with Gasteiger partial charge in [0.15, 0.2) is 0 Å². The molecule has 2 aromatic rings. The third-order valence-electron chi connectivity index (χ3n) is 4.54. The molecule has 0 aromatic heterocycles. The number of benzene rings is 2. The van der Waals surface area contributed by atoms with Crippen molar-refractivity contribution in [1.29, 1.82) is 0 Å². The first-order valence-electron chi connectivity index (χ1n) is 9.68. The molecule has 1 aliphatic rings. The maximum Gasteiger partial charge on any atom is 0.0344 e. The minimum Gasteiger partial charge on any atom is -0.314 e. The Morgan fingerprint density at radius 3 is 2.31 bits per heavy atom. The first-order valence-corrected chi connectivity index (χ1v) is 10.5. The van der Waals surface area contributed by atoms with Crippen LogP contribution in [0.3, 0.4) is 0 Å². The lowest BCUT2D eigenvalue weighted by molar-refractivity contribution is 0.233. The topological polar surface area (TPSA) is 18.5 Å². The van der Waals surface area contributed by atoms with Crippen molar-refractivity contribution in [2.24, 2.45) is 5.92 Å². The number of piperazine rings is 1. The molecule has 1 fully saturated rings. The van der Waals surface area contributed by atoms with E-state index in [1.807, 2.05) is 11.9 Å². The smallest absolute Gasteiger partial charge is 0.0344 e. The molecule has 140 valence electrons. The van der Waals surface area contributed by atoms with Gasteiger partial charge in [-0.1, -0.05) is 56.3 Å². The van der Waals surface area contributed by atoms with Crippen LogP contribution in [0.25, 0.3) is 0 Å². The summed E-state index contributed by atoms with van der Waals surface area (Å²) >= 11 is 1.88. The van der Waals surface area contributed by atoms with Crippen molar-refractivity contribution >= 4 is 11.9 Å². The molecular weight excluding hydrogens is 338 g/mol. The third-order valence-corrected chi connectivity index (χ3v) is 5.56. The summed E-state index contributed by atoms with van der Waals surface area (Å²) < 4.78 is 2.48. The van der Waals surface area contributed by atoms with Crippen molar-refractivity contribution in [2.45, 2.75) is 31.8 Å². The molecule has 1 N–H and O–H groups in total. The molecule has 0 atom stereocenters. The molecular formula is C22H31N3S. The van der Waals surface area contributed by atoms with Gasteiger partial charge < -0.3 is 5.32 Å². The third kappa shape index (κ3) is 6.44. The molecule has 0 aliphatic carbocycles. The van der Waals surface area contributed by atoms with Gasteiger partial charge in [0.1, 0.15) is 0 Å². The van der Waals surface area contributed by atoms with E-state index in [-0.39, 0.29) is 0 Å². The van der Waals surface area contributed by atoms with Crippen molar-refractivity contribution in [1.82, 2.24) is 14.5 Å². The fourth-order valence-electron chi connectivity index (χ4n) is 3.26. The lowest BCUT2D eigenvalue weighted by Gasteiger charge is -2.27. The summed E-state index contributed by atoms with van der Waals surface area (Å²) in [6.45, 7) is 12.2. The molecule has 0 amide bonds. The van der Waals surface area contributed by atoms with Crippen molar-refractivity contribution in [3.63, 3.8) is 0 Å². The summed E-state index contributed by atoms with van der Waals surface area (Å²) in [6, 6.07) is 19.9. The number of rotatable bonds is 8. The molecule has 0 unspecified atom stereocenters. The predicted molar refractivity (Wildman–Crippen MR) is 112 cm³/mol. The largest absolute Gasteiger partial charge is 0.314 e. The SMILES string of the molecule is CC(C)CN(Cc1ccccc1)Sc1ccc(CN2CCNCC2)cc1. The Bertz CT molecular complexity index is 636. The highest BCUT2D eigenvalue weighted by Gasteiger charge is 2.12. The number of nitrogens with one attached hydrogen (secondary N) is 1. The van der Waals surface area contributed by atoms with E-state index >= 15 is 0 Å². The standard InChI is InChI=1S/C22H31N3S/c1-19(2)16-25(18-20-6-4-3-5-7-20)26-22-10-8-21(9-11-22)17-24-14-12-23-13-15-24/h3-11,19,23H,12-18H2,1-2H3. The van der Waals surface area contributed by atoms with Crippen LogP contribution in [0.5, 0.6) is 0 Å². The van der Waals surface area contributed by atoms with Crippen LogP contribution in [0.15, 0.2) is 59.5 Å². The minimum absolute atomic E-state index is 0.651. The normalized spacial score (nSPS) is 15.7. The Hall–Kier alpha value is -1.33. The van der Waals surface area contributed by atoms with E-state index < -0.39 is 0 Å². The first kappa shape index (κ1) is 19.4. The van der Waals surface area contributed by atoms with Crippen LogP contribution in [-0.4, -0.2) is 41.9 Å². The fourth-order valence-corrected chi connectivity index (χ4v) is 4.40. The van der Waals surface area contributed by atoms with Gasteiger partial charge in [0.05, 0.1) is 0 Å². The van der Waals surface area contributed by atoms with E-state index in [9.17, 15) is 0 Å². The van der Waals surface area contributed by atoms with Crippen LogP contribution in [-0.2, 0) is 13.1 Å². The van der Waals surface area contributed by atoms with Gasteiger partial charge in [-0.2, -0.15) is 0 Å². The van der Waals surface area contributed by atoms with Gasteiger partial charge in [-0.3, -0.25) is 4.90 Å². The zero-order valence-corrected chi connectivity index (χ0v) is 16.8. The minimum atomic E-state index is 0.651. The van der Waals surface area contributed by atoms with Crippen LogP contribution in [0.1, 0.15) is 25.0 Å². The van der Waals surface area contributed by atoms with Gasteiger partial charge in [-0.05, 0) is 41.1 Å². The second-order valence-electron chi connectivity index (χ2n) is 7.46. The average Bonchev–Trinajstić information content (AvgIpc) is 2.64. The number of hydrogen-bond donors (Lipinski definition) is 1. The molecule has 3 nitrogen and oxygen atoms in total. The number of hydrogen-bond acceptors (Lipinski definition) is 4. The average molecular weight is 370 g/mol. The van der Waals surface area contributed by atoms with E-state index in [1.165, 1.54) is 16.0 Å². The van der Waals surface area contributed by atoms with Gasteiger partial charge in [-0.15, -0.1) is 0 Å². The van der Waals surface area contributed by atoms with Gasteiger partial charge in [0.2, 0.25) is 0 Å². The van der Waals surface area contributed by atoms with Crippen molar-refractivity contribution in [3.05, 3.63) is 65.7 Å². The molecule has 1 aliphatic heterocycles. The molecule has 1 heterocycles. The molecule has 2 aromatic carbocycles. The summed E-state index contributed by atoms with van der Waals surface area (Å²) in [5.41, 5.74) is 2.78. The van der Waals surface area contributed by atoms with E-state index in [0.29, 0.717) is 5.92 Å². The zero-order valence-electron chi connectivity index (χ0n) is 16.0. The van der Waals surface area contributed by atoms with Crippen LogP contribution < -0.4 is 5.32 Å². The zero-order chi connectivity index (χ0) is 18.2. The molecule has 0 radical (unpaired) electrons. The molecule has 4 heteroatoms. The maximum atomic E-state index is 3.42. The molecule has 26 heavy (non-hydrogen) atoms. The van der Waals surface area contributed by atoms with E-state index in [1.54, 1.807) is 0 Å². The highest BCUT2D eigenvalue weighted by atomic mass is 32.2. The highest BCUT2D eigenvalue weighted by molar-refractivity contribution is 7.97. The van der Waals surface area contributed by atoms with E-state index in [2.05, 4.69) is 83.0 Å². The van der Waals surface area contributed by atoms with Crippen molar-refractivity contribution in [3.8, 4) is 0 Å². The Morgan fingerprint density at radius 2 is 1.65 bits per heavy atom. The highest BCUT2D eigenvalue weighted by Crippen LogP contribution is 2.26. The Labute approximate surface area is 162 Å². The van der Waals surface area contributed by atoms with Gasteiger partial charge >= 0.3 is 0 Å². The fraction of sp³-hybridized carbons (Fsp3) is 0.455.